The fourth-order valence-corrected chi connectivity index (χ4v) is 2.19. The van der Waals surface area contributed by atoms with Crippen LogP contribution in [0.3, 0.4) is 0 Å². The zero-order valence-electron chi connectivity index (χ0n) is 13.0. The summed E-state index contributed by atoms with van der Waals surface area (Å²) >= 11 is 0. The smallest absolute Gasteiger partial charge is 0.255 e. The maximum Gasteiger partial charge on any atom is 0.255 e. The van der Waals surface area contributed by atoms with Gasteiger partial charge in [0.15, 0.2) is 0 Å². The molecule has 2 aromatic carbocycles. The maximum absolute atomic E-state index is 12.3. The zero-order chi connectivity index (χ0) is 15.6. The number of anilines is 2. The van der Waals surface area contributed by atoms with Gasteiger partial charge < -0.3 is 11.1 Å². The quantitative estimate of drug-likeness (QED) is 0.826. The number of hydrogen-bond acceptors (Lipinski definition) is 2. The van der Waals surface area contributed by atoms with Crippen molar-refractivity contribution in [2.75, 3.05) is 11.1 Å². The van der Waals surface area contributed by atoms with Crippen molar-refractivity contribution in [3.63, 3.8) is 0 Å². The van der Waals surface area contributed by atoms with Crippen LogP contribution in [0.5, 0.6) is 0 Å². The lowest BCUT2D eigenvalue weighted by Gasteiger charge is -2.12. The van der Waals surface area contributed by atoms with Crippen LogP contribution in [0.2, 0.25) is 0 Å². The number of benzene rings is 2. The van der Waals surface area contributed by atoms with Crippen LogP contribution >= 0.6 is 0 Å². The second kappa shape index (κ2) is 6.00. The van der Waals surface area contributed by atoms with Crippen molar-refractivity contribution in [3.05, 3.63) is 58.7 Å². The molecule has 3 nitrogen and oxygen atoms in total. The molecule has 1 amide bonds. The van der Waals surface area contributed by atoms with Gasteiger partial charge in [0.05, 0.1) is 0 Å². The van der Waals surface area contributed by atoms with Crippen molar-refractivity contribution in [2.45, 2.75) is 33.6 Å². The predicted molar refractivity (Wildman–Crippen MR) is 88.8 cm³/mol. The Bertz CT molecular complexity index is 658. The van der Waals surface area contributed by atoms with Crippen LogP contribution in [0, 0.1) is 13.8 Å². The molecule has 2 rings (SSSR count). The average Bonchev–Trinajstić information content (AvgIpc) is 2.44. The summed E-state index contributed by atoms with van der Waals surface area (Å²) in [5, 5.41) is 2.95. The van der Waals surface area contributed by atoms with Crippen LogP contribution in [0.25, 0.3) is 0 Å². The zero-order valence-corrected chi connectivity index (χ0v) is 13.0. The molecular formula is C18H22N2O. The van der Waals surface area contributed by atoms with E-state index in [4.69, 9.17) is 5.73 Å². The minimum absolute atomic E-state index is 0.0995. The molecule has 2 aromatic rings. The topological polar surface area (TPSA) is 55.1 Å². The summed E-state index contributed by atoms with van der Waals surface area (Å²) in [6.45, 7) is 8.14. The fraction of sp³-hybridized carbons (Fsp3) is 0.278. The summed E-state index contributed by atoms with van der Waals surface area (Å²) in [6.07, 6.45) is 0. The lowest BCUT2D eigenvalue weighted by molar-refractivity contribution is 0.102. The highest BCUT2D eigenvalue weighted by Crippen LogP contribution is 2.23. The highest BCUT2D eigenvalue weighted by Gasteiger charge is 2.09. The number of amides is 1. The predicted octanol–water partition coefficient (Wildman–Crippen LogP) is 4.26. The number of nitrogens with one attached hydrogen (secondary N) is 1. The van der Waals surface area contributed by atoms with E-state index in [1.165, 1.54) is 5.56 Å². The third-order valence-electron chi connectivity index (χ3n) is 3.70. The van der Waals surface area contributed by atoms with Crippen molar-refractivity contribution in [3.8, 4) is 0 Å². The Labute approximate surface area is 126 Å². The largest absolute Gasteiger partial charge is 0.399 e. The molecule has 0 atom stereocenters. The van der Waals surface area contributed by atoms with E-state index in [-0.39, 0.29) is 5.91 Å². The Hall–Kier alpha value is -2.29. The molecule has 0 saturated heterocycles. The van der Waals surface area contributed by atoms with Crippen molar-refractivity contribution in [1.82, 2.24) is 0 Å². The Morgan fingerprint density at radius 1 is 1.05 bits per heavy atom. The SMILES string of the molecule is Cc1cc(NC(=O)c2ccc(C(C)C)cc2)c(C)cc1N. The van der Waals surface area contributed by atoms with E-state index < -0.39 is 0 Å². The summed E-state index contributed by atoms with van der Waals surface area (Å²) in [6, 6.07) is 11.5. The van der Waals surface area contributed by atoms with Gasteiger partial charge in [-0.3, -0.25) is 4.79 Å². The van der Waals surface area contributed by atoms with E-state index in [0.717, 1.165) is 22.5 Å². The molecule has 21 heavy (non-hydrogen) atoms. The number of nitrogen functional groups attached to an aromatic ring is 1. The molecule has 0 fully saturated rings. The van der Waals surface area contributed by atoms with Gasteiger partial charge in [-0.15, -0.1) is 0 Å². The lowest BCUT2D eigenvalue weighted by atomic mass is 10.0. The summed E-state index contributed by atoms with van der Waals surface area (Å²) < 4.78 is 0. The van der Waals surface area contributed by atoms with Crippen LogP contribution in [-0.2, 0) is 0 Å². The fourth-order valence-electron chi connectivity index (χ4n) is 2.19. The third kappa shape index (κ3) is 3.43. The molecule has 0 spiro atoms. The van der Waals surface area contributed by atoms with E-state index >= 15 is 0 Å². The van der Waals surface area contributed by atoms with Crippen molar-refractivity contribution in [1.29, 1.82) is 0 Å². The average molecular weight is 282 g/mol. The number of nitrogens with two attached hydrogens (primary N) is 1. The number of hydrogen-bond donors (Lipinski definition) is 2. The second-order valence-electron chi connectivity index (χ2n) is 5.75. The number of carbonyl (C=O) groups is 1. The molecule has 0 unspecified atom stereocenters. The van der Waals surface area contributed by atoms with Gasteiger partial charge in [0, 0.05) is 16.9 Å². The number of carbonyl (C=O) groups excluding carboxylic acids is 1. The highest BCUT2D eigenvalue weighted by atomic mass is 16.1. The van der Waals surface area contributed by atoms with E-state index in [2.05, 4.69) is 19.2 Å². The summed E-state index contributed by atoms with van der Waals surface area (Å²) in [5.41, 5.74) is 11.2. The molecule has 0 aliphatic rings. The Kier molecular flexibility index (Phi) is 4.32. The van der Waals surface area contributed by atoms with E-state index in [1.54, 1.807) is 0 Å². The molecule has 0 aromatic heterocycles. The first-order valence-corrected chi connectivity index (χ1v) is 7.16. The van der Waals surface area contributed by atoms with Gasteiger partial charge in [-0.25, -0.2) is 0 Å². The van der Waals surface area contributed by atoms with Gasteiger partial charge in [-0.2, -0.15) is 0 Å². The van der Waals surface area contributed by atoms with Gasteiger partial charge in [0.2, 0.25) is 0 Å². The van der Waals surface area contributed by atoms with Crippen LogP contribution in [0.1, 0.15) is 46.8 Å². The molecule has 0 radical (unpaired) electrons. The van der Waals surface area contributed by atoms with Gasteiger partial charge in [0.1, 0.15) is 0 Å². The highest BCUT2D eigenvalue weighted by molar-refractivity contribution is 6.04. The molecule has 0 bridgehead atoms. The first-order valence-electron chi connectivity index (χ1n) is 7.16. The van der Waals surface area contributed by atoms with E-state index in [1.807, 2.05) is 50.2 Å². The number of aryl methyl sites for hydroxylation is 2. The third-order valence-corrected chi connectivity index (χ3v) is 3.70. The molecule has 0 saturated carbocycles. The summed E-state index contributed by atoms with van der Waals surface area (Å²) in [4.78, 5) is 12.3. The Morgan fingerprint density at radius 3 is 2.24 bits per heavy atom. The van der Waals surface area contributed by atoms with Crippen molar-refractivity contribution >= 4 is 17.3 Å². The molecule has 0 aliphatic carbocycles. The molecule has 0 aliphatic heterocycles. The first kappa shape index (κ1) is 15.1. The monoisotopic (exact) mass is 282 g/mol. The minimum atomic E-state index is -0.0995. The van der Waals surface area contributed by atoms with E-state index in [9.17, 15) is 4.79 Å². The van der Waals surface area contributed by atoms with E-state index in [0.29, 0.717) is 11.5 Å². The standard InChI is InChI=1S/C18H22N2O/c1-11(2)14-5-7-15(8-6-14)18(21)20-17-10-12(3)16(19)9-13(17)4/h5-11H,19H2,1-4H3,(H,20,21). The molecule has 110 valence electrons. The maximum atomic E-state index is 12.3. The first-order chi connectivity index (χ1) is 9.88. The van der Waals surface area contributed by atoms with Gasteiger partial charge in [-0.05, 0) is 60.7 Å². The summed E-state index contributed by atoms with van der Waals surface area (Å²) in [7, 11) is 0. The molecule has 0 heterocycles. The van der Waals surface area contributed by atoms with Crippen LogP contribution < -0.4 is 11.1 Å². The normalized spacial score (nSPS) is 10.7. The summed E-state index contributed by atoms with van der Waals surface area (Å²) in [5.74, 6) is 0.363. The van der Waals surface area contributed by atoms with Crippen molar-refractivity contribution in [2.24, 2.45) is 0 Å². The van der Waals surface area contributed by atoms with Gasteiger partial charge >= 0.3 is 0 Å². The molecular weight excluding hydrogens is 260 g/mol. The Morgan fingerprint density at radius 2 is 1.67 bits per heavy atom. The molecule has 3 heteroatoms. The Balaban J connectivity index is 2.20. The lowest BCUT2D eigenvalue weighted by Crippen LogP contribution is -2.13. The second-order valence-corrected chi connectivity index (χ2v) is 5.75. The number of rotatable bonds is 3. The van der Waals surface area contributed by atoms with Crippen LogP contribution in [0.15, 0.2) is 36.4 Å². The minimum Gasteiger partial charge on any atom is -0.399 e. The molecule has 3 N–H and O–H groups in total. The van der Waals surface area contributed by atoms with Crippen molar-refractivity contribution < 1.29 is 4.79 Å². The van der Waals surface area contributed by atoms with Gasteiger partial charge in [0.25, 0.3) is 5.91 Å². The van der Waals surface area contributed by atoms with Crippen LogP contribution in [-0.4, -0.2) is 5.91 Å². The van der Waals surface area contributed by atoms with Gasteiger partial charge in [-0.1, -0.05) is 26.0 Å². The van der Waals surface area contributed by atoms with Crippen LogP contribution in [0.4, 0.5) is 11.4 Å².